The highest BCUT2D eigenvalue weighted by molar-refractivity contribution is 5.92. The summed E-state index contributed by atoms with van der Waals surface area (Å²) < 4.78 is 10.9. The van der Waals surface area contributed by atoms with Crippen LogP contribution in [0.2, 0.25) is 0 Å². The molecule has 3 N–H and O–H groups in total. The van der Waals surface area contributed by atoms with Gasteiger partial charge in [-0.3, -0.25) is 0 Å². The van der Waals surface area contributed by atoms with Crippen molar-refractivity contribution in [2.24, 2.45) is 10.7 Å². The van der Waals surface area contributed by atoms with Gasteiger partial charge in [-0.25, -0.2) is 4.99 Å². The van der Waals surface area contributed by atoms with Gasteiger partial charge < -0.3 is 20.5 Å². The van der Waals surface area contributed by atoms with Crippen molar-refractivity contribution in [3.8, 4) is 5.75 Å². The van der Waals surface area contributed by atoms with Crippen LogP contribution in [0.5, 0.6) is 5.75 Å². The van der Waals surface area contributed by atoms with Crippen molar-refractivity contribution in [2.75, 3.05) is 25.6 Å². The van der Waals surface area contributed by atoms with Gasteiger partial charge in [-0.1, -0.05) is 31.2 Å². The Bertz CT molecular complexity index is 729. The fourth-order valence-corrected chi connectivity index (χ4v) is 2.54. The van der Waals surface area contributed by atoms with Gasteiger partial charge in [0.25, 0.3) is 0 Å². The van der Waals surface area contributed by atoms with Crippen LogP contribution in [0.25, 0.3) is 0 Å². The molecule has 0 aliphatic heterocycles. The van der Waals surface area contributed by atoms with Crippen molar-refractivity contribution in [2.45, 2.75) is 33.2 Å². The lowest BCUT2D eigenvalue weighted by atomic mass is 10.1. The van der Waals surface area contributed by atoms with Crippen molar-refractivity contribution < 1.29 is 9.47 Å². The van der Waals surface area contributed by atoms with Gasteiger partial charge in [-0.15, -0.1) is 0 Å². The number of hydrogen-bond donors (Lipinski definition) is 2. The Labute approximate surface area is 156 Å². The van der Waals surface area contributed by atoms with Crippen LogP contribution in [-0.2, 0) is 17.7 Å². The summed E-state index contributed by atoms with van der Waals surface area (Å²) in [4.78, 5) is 4.46. The molecule has 0 aliphatic rings. The second-order valence-electron chi connectivity index (χ2n) is 6.19. The van der Waals surface area contributed by atoms with Crippen LogP contribution in [0.4, 0.5) is 5.69 Å². The Morgan fingerprint density at radius 3 is 2.77 bits per heavy atom. The van der Waals surface area contributed by atoms with E-state index in [2.05, 4.69) is 35.4 Å². The Kier molecular flexibility index (Phi) is 7.96. The second-order valence-corrected chi connectivity index (χ2v) is 6.19. The molecule has 0 amide bonds. The minimum absolute atomic E-state index is 0.393. The number of rotatable bonds is 9. The SMILES string of the molecule is CCc1cccc(NC(N)=NCc2ccc(C)cc2OCCCOC)c1. The molecule has 5 heteroatoms. The van der Waals surface area contributed by atoms with Gasteiger partial charge in [-0.05, 0) is 42.7 Å². The fourth-order valence-electron chi connectivity index (χ4n) is 2.54. The molecular formula is C21H29N3O2. The molecule has 0 heterocycles. The largest absolute Gasteiger partial charge is 0.493 e. The maximum Gasteiger partial charge on any atom is 0.193 e. The van der Waals surface area contributed by atoms with Gasteiger partial charge in [0.2, 0.25) is 0 Å². The number of nitrogens with one attached hydrogen (secondary N) is 1. The predicted octanol–water partition coefficient (Wildman–Crippen LogP) is 3.90. The van der Waals surface area contributed by atoms with E-state index in [1.807, 2.05) is 31.2 Å². The van der Waals surface area contributed by atoms with E-state index in [9.17, 15) is 0 Å². The number of aliphatic imine (C=N–C) groups is 1. The van der Waals surface area contributed by atoms with E-state index in [4.69, 9.17) is 15.2 Å². The second kappa shape index (κ2) is 10.5. The van der Waals surface area contributed by atoms with Crippen LogP contribution in [0, 0.1) is 6.92 Å². The number of ether oxygens (including phenoxy) is 2. The zero-order chi connectivity index (χ0) is 18.8. The quantitative estimate of drug-likeness (QED) is 0.407. The zero-order valence-electron chi connectivity index (χ0n) is 15.9. The highest BCUT2D eigenvalue weighted by Gasteiger charge is 2.05. The number of guanidine groups is 1. The average molecular weight is 355 g/mol. The van der Waals surface area contributed by atoms with Gasteiger partial charge >= 0.3 is 0 Å². The molecule has 0 aromatic heterocycles. The molecule has 5 nitrogen and oxygen atoms in total. The van der Waals surface area contributed by atoms with Crippen LogP contribution in [0.3, 0.4) is 0 Å². The summed E-state index contributed by atoms with van der Waals surface area (Å²) in [6.07, 6.45) is 1.84. The zero-order valence-corrected chi connectivity index (χ0v) is 15.9. The summed E-state index contributed by atoms with van der Waals surface area (Å²) in [6.45, 7) is 5.94. The average Bonchev–Trinajstić information content (AvgIpc) is 2.64. The Morgan fingerprint density at radius 1 is 1.15 bits per heavy atom. The van der Waals surface area contributed by atoms with E-state index >= 15 is 0 Å². The molecule has 2 aromatic rings. The molecule has 0 unspecified atom stereocenters. The minimum Gasteiger partial charge on any atom is -0.493 e. The number of aryl methyl sites for hydroxylation is 2. The highest BCUT2D eigenvalue weighted by atomic mass is 16.5. The minimum atomic E-state index is 0.393. The van der Waals surface area contributed by atoms with E-state index < -0.39 is 0 Å². The molecule has 26 heavy (non-hydrogen) atoms. The fraction of sp³-hybridized carbons (Fsp3) is 0.381. The molecule has 0 aliphatic carbocycles. The summed E-state index contributed by atoms with van der Waals surface area (Å²) in [6, 6.07) is 14.3. The molecule has 140 valence electrons. The van der Waals surface area contributed by atoms with Gasteiger partial charge in [-0.2, -0.15) is 0 Å². The summed E-state index contributed by atoms with van der Waals surface area (Å²) in [7, 11) is 1.69. The number of hydrogen-bond acceptors (Lipinski definition) is 3. The standard InChI is InChI=1S/C21H29N3O2/c1-4-17-7-5-8-19(14-17)24-21(22)23-15-18-10-9-16(2)13-20(18)26-12-6-11-25-3/h5,7-10,13-14H,4,6,11-12,15H2,1-3H3,(H3,22,23,24). The van der Waals surface area contributed by atoms with Gasteiger partial charge in [0.15, 0.2) is 5.96 Å². The predicted molar refractivity (Wildman–Crippen MR) is 108 cm³/mol. The lowest BCUT2D eigenvalue weighted by Gasteiger charge is -2.12. The molecule has 2 aromatic carbocycles. The smallest absolute Gasteiger partial charge is 0.193 e. The highest BCUT2D eigenvalue weighted by Crippen LogP contribution is 2.21. The number of benzene rings is 2. The third-order valence-corrected chi connectivity index (χ3v) is 4.00. The van der Waals surface area contributed by atoms with Crippen LogP contribution in [0.15, 0.2) is 47.5 Å². The Balaban J connectivity index is 2.01. The van der Waals surface area contributed by atoms with Crippen molar-refractivity contribution >= 4 is 11.6 Å². The maximum atomic E-state index is 6.05. The molecule has 0 saturated carbocycles. The van der Waals surface area contributed by atoms with E-state index in [0.29, 0.717) is 25.7 Å². The molecule has 0 fully saturated rings. The third-order valence-electron chi connectivity index (χ3n) is 4.00. The lowest BCUT2D eigenvalue weighted by molar-refractivity contribution is 0.172. The van der Waals surface area contributed by atoms with Gasteiger partial charge in [0.05, 0.1) is 13.2 Å². The summed E-state index contributed by atoms with van der Waals surface area (Å²) in [5.74, 6) is 1.25. The first-order valence-corrected chi connectivity index (χ1v) is 8.99. The van der Waals surface area contributed by atoms with Crippen molar-refractivity contribution in [1.82, 2.24) is 0 Å². The number of anilines is 1. The molecule has 2 rings (SSSR count). The van der Waals surface area contributed by atoms with E-state index in [0.717, 1.165) is 35.4 Å². The summed E-state index contributed by atoms with van der Waals surface area (Å²) in [5, 5.41) is 3.15. The molecular weight excluding hydrogens is 326 g/mol. The first-order chi connectivity index (χ1) is 12.6. The van der Waals surface area contributed by atoms with Crippen molar-refractivity contribution in [3.63, 3.8) is 0 Å². The molecule has 0 atom stereocenters. The molecule has 0 radical (unpaired) electrons. The van der Waals surface area contributed by atoms with E-state index in [1.54, 1.807) is 7.11 Å². The van der Waals surface area contributed by atoms with Crippen LogP contribution in [-0.4, -0.2) is 26.3 Å². The van der Waals surface area contributed by atoms with Crippen molar-refractivity contribution in [1.29, 1.82) is 0 Å². The van der Waals surface area contributed by atoms with E-state index in [1.165, 1.54) is 5.56 Å². The molecule has 0 bridgehead atoms. The maximum absolute atomic E-state index is 6.05. The Hall–Kier alpha value is -2.53. The van der Waals surface area contributed by atoms with Crippen LogP contribution < -0.4 is 15.8 Å². The third kappa shape index (κ3) is 6.41. The Morgan fingerprint density at radius 2 is 2.00 bits per heavy atom. The lowest BCUT2D eigenvalue weighted by Crippen LogP contribution is -2.22. The monoisotopic (exact) mass is 355 g/mol. The topological polar surface area (TPSA) is 68.9 Å². The van der Waals surface area contributed by atoms with Crippen molar-refractivity contribution in [3.05, 3.63) is 59.2 Å². The van der Waals surface area contributed by atoms with E-state index in [-0.39, 0.29) is 0 Å². The van der Waals surface area contributed by atoms with Crippen LogP contribution in [0.1, 0.15) is 30.0 Å². The summed E-state index contributed by atoms with van der Waals surface area (Å²) >= 11 is 0. The number of nitrogens with two attached hydrogens (primary N) is 1. The first-order valence-electron chi connectivity index (χ1n) is 8.99. The first kappa shape index (κ1) is 19.8. The number of methoxy groups -OCH3 is 1. The normalized spacial score (nSPS) is 11.4. The number of nitrogens with zero attached hydrogens (tertiary/aromatic N) is 1. The van der Waals surface area contributed by atoms with Crippen LogP contribution >= 0.6 is 0 Å². The molecule has 0 saturated heterocycles. The van der Waals surface area contributed by atoms with Gasteiger partial charge in [0.1, 0.15) is 5.75 Å². The summed E-state index contributed by atoms with van der Waals surface area (Å²) in [5.41, 5.74) is 10.4. The van der Waals surface area contributed by atoms with Gasteiger partial charge in [0, 0.05) is 31.4 Å². The molecule has 0 spiro atoms.